The topological polar surface area (TPSA) is 49.4 Å². The molecule has 0 saturated heterocycles. The molecule has 1 heterocycles. The molecular formula is C20H14ClFN2O2. The van der Waals surface area contributed by atoms with Gasteiger partial charge < -0.3 is 5.32 Å². The summed E-state index contributed by atoms with van der Waals surface area (Å²) in [6.45, 7) is 1.65. The SMILES string of the molecule is C[C@@H](C(=O)Nc1ccc(F)cc1Cl)N1C(=O)c2cccc3cccc1c23. The first-order valence-corrected chi connectivity index (χ1v) is 8.46. The predicted molar refractivity (Wildman–Crippen MR) is 100 cm³/mol. The van der Waals surface area contributed by atoms with E-state index in [1.54, 1.807) is 13.0 Å². The van der Waals surface area contributed by atoms with Gasteiger partial charge in [-0.05, 0) is 42.6 Å². The van der Waals surface area contributed by atoms with Crippen molar-refractivity contribution in [1.29, 1.82) is 0 Å². The van der Waals surface area contributed by atoms with E-state index in [1.165, 1.54) is 17.0 Å². The van der Waals surface area contributed by atoms with Gasteiger partial charge in [0.2, 0.25) is 5.91 Å². The second kappa shape index (κ2) is 6.11. The fourth-order valence-corrected chi connectivity index (χ4v) is 3.48. The molecule has 0 aromatic heterocycles. The number of amides is 2. The van der Waals surface area contributed by atoms with Crippen LogP contribution in [0.3, 0.4) is 0 Å². The summed E-state index contributed by atoms with van der Waals surface area (Å²) in [4.78, 5) is 27.0. The number of benzene rings is 3. The van der Waals surface area contributed by atoms with Crippen molar-refractivity contribution in [3.8, 4) is 0 Å². The summed E-state index contributed by atoms with van der Waals surface area (Å²) in [5.41, 5.74) is 1.58. The first-order chi connectivity index (χ1) is 12.5. The van der Waals surface area contributed by atoms with Crippen LogP contribution in [0.15, 0.2) is 54.6 Å². The monoisotopic (exact) mass is 368 g/mol. The van der Waals surface area contributed by atoms with Crippen LogP contribution in [0.2, 0.25) is 5.02 Å². The zero-order chi connectivity index (χ0) is 18.4. The third kappa shape index (κ3) is 2.52. The number of halogens is 2. The molecule has 0 aliphatic carbocycles. The van der Waals surface area contributed by atoms with Crippen LogP contribution in [0.1, 0.15) is 17.3 Å². The van der Waals surface area contributed by atoms with Crippen molar-refractivity contribution in [3.05, 3.63) is 71.0 Å². The number of anilines is 2. The average molecular weight is 369 g/mol. The maximum absolute atomic E-state index is 13.2. The summed E-state index contributed by atoms with van der Waals surface area (Å²) in [6.07, 6.45) is 0. The Morgan fingerprint density at radius 1 is 1.15 bits per heavy atom. The quantitative estimate of drug-likeness (QED) is 0.733. The second-order valence-corrected chi connectivity index (χ2v) is 6.55. The lowest BCUT2D eigenvalue weighted by atomic mass is 10.1. The maximum Gasteiger partial charge on any atom is 0.259 e. The standard InChI is InChI=1S/C20H14ClFN2O2/c1-11(19(25)23-16-9-8-13(22)10-15(16)21)24-17-7-3-5-12-4-2-6-14(18(12)17)20(24)26/h2-11H,1H3,(H,23,25)/t11-/m0/s1. The van der Waals surface area contributed by atoms with E-state index in [-0.39, 0.29) is 10.9 Å². The third-order valence-electron chi connectivity index (χ3n) is 4.55. The Morgan fingerprint density at radius 2 is 1.88 bits per heavy atom. The molecule has 0 saturated carbocycles. The van der Waals surface area contributed by atoms with Crippen LogP contribution in [-0.4, -0.2) is 17.9 Å². The molecule has 130 valence electrons. The lowest BCUT2D eigenvalue weighted by Gasteiger charge is -2.25. The number of nitrogens with one attached hydrogen (secondary N) is 1. The van der Waals surface area contributed by atoms with Gasteiger partial charge in [0.05, 0.1) is 16.4 Å². The molecule has 6 heteroatoms. The average Bonchev–Trinajstić information content (AvgIpc) is 2.91. The van der Waals surface area contributed by atoms with Crippen molar-refractivity contribution >= 4 is 45.6 Å². The molecule has 1 aliphatic rings. The Hall–Kier alpha value is -2.92. The van der Waals surface area contributed by atoms with E-state index in [0.29, 0.717) is 16.9 Å². The van der Waals surface area contributed by atoms with Gasteiger partial charge in [0.1, 0.15) is 11.9 Å². The molecule has 2 amide bonds. The van der Waals surface area contributed by atoms with E-state index in [4.69, 9.17) is 11.6 Å². The van der Waals surface area contributed by atoms with Gasteiger partial charge in [0.25, 0.3) is 5.91 Å². The minimum Gasteiger partial charge on any atom is -0.323 e. The lowest BCUT2D eigenvalue weighted by Crippen LogP contribution is -2.44. The second-order valence-electron chi connectivity index (χ2n) is 6.15. The highest BCUT2D eigenvalue weighted by molar-refractivity contribution is 6.34. The smallest absolute Gasteiger partial charge is 0.259 e. The molecule has 0 spiro atoms. The van der Waals surface area contributed by atoms with Crippen molar-refractivity contribution in [2.24, 2.45) is 0 Å². The summed E-state index contributed by atoms with van der Waals surface area (Å²) >= 11 is 5.97. The first kappa shape index (κ1) is 16.5. The number of hydrogen-bond donors (Lipinski definition) is 1. The Labute approximate surface area is 154 Å². The Kier molecular flexibility index (Phi) is 3.89. The molecule has 3 aromatic rings. The van der Waals surface area contributed by atoms with Gasteiger partial charge in [-0.15, -0.1) is 0 Å². The number of rotatable bonds is 3. The Balaban J connectivity index is 1.67. The molecule has 4 nitrogen and oxygen atoms in total. The highest BCUT2D eigenvalue weighted by Crippen LogP contribution is 2.38. The molecule has 0 unspecified atom stereocenters. The van der Waals surface area contributed by atoms with Crippen LogP contribution < -0.4 is 10.2 Å². The number of carbonyl (C=O) groups excluding carboxylic acids is 2. The summed E-state index contributed by atoms with van der Waals surface area (Å²) in [5.74, 6) is -1.11. The maximum atomic E-state index is 13.2. The van der Waals surface area contributed by atoms with Crippen molar-refractivity contribution < 1.29 is 14.0 Å². The van der Waals surface area contributed by atoms with Crippen LogP contribution in [-0.2, 0) is 4.79 Å². The van der Waals surface area contributed by atoms with Gasteiger partial charge in [0, 0.05) is 10.9 Å². The molecule has 0 radical (unpaired) electrons. The molecular weight excluding hydrogens is 355 g/mol. The molecule has 0 bridgehead atoms. The van der Waals surface area contributed by atoms with Gasteiger partial charge >= 0.3 is 0 Å². The van der Waals surface area contributed by atoms with E-state index in [2.05, 4.69) is 5.32 Å². The number of nitrogens with zero attached hydrogens (tertiary/aromatic N) is 1. The molecule has 1 N–H and O–H groups in total. The first-order valence-electron chi connectivity index (χ1n) is 8.08. The number of hydrogen-bond acceptors (Lipinski definition) is 2. The van der Waals surface area contributed by atoms with E-state index in [9.17, 15) is 14.0 Å². The van der Waals surface area contributed by atoms with Crippen LogP contribution in [0, 0.1) is 5.82 Å². The van der Waals surface area contributed by atoms with E-state index >= 15 is 0 Å². The van der Waals surface area contributed by atoms with Gasteiger partial charge in [-0.25, -0.2) is 4.39 Å². The highest BCUT2D eigenvalue weighted by atomic mass is 35.5. The third-order valence-corrected chi connectivity index (χ3v) is 4.86. The van der Waals surface area contributed by atoms with Gasteiger partial charge in [-0.3, -0.25) is 14.5 Å². The summed E-state index contributed by atoms with van der Waals surface area (Å²) in [5, 5.41) is 4.56. The van der Waals surface area contributed by atoms with E-state index in [1.807, 2.05) is 30.3 Å². The molecule has 0 fully saturated rings. The van der Waals surface area contributed by atoms with Gasteiger partial charge in [0.15, 0.2) is 0 Å². The van der Waals surface area contributed by atoms with Gasteiger partial charge in [-0.2, -0.15) is 0 Å². The van der Waals surface area contributed by atoms with Crippen molar-refractivity contribution in [2.45, 2.75) is 13.0 Å². The van der Waals surface area contributed by atoms with E-state index in [0.717, 1.165) is 16.8 Å². The van der Waals surface area contributed by atoms with Gasteiger partial charge in [-0.1, -0.05) is 35.9 Å². The molecule has 26 heavy (non-hydrogen) atoms. The van der Waals surface area contributed by atoms with Crippen LogP contribution in [0.5, 0.6) is 0 Å². The zero-order valence-corrected chi connectivity index (χ0v) is 14.5. The van der Waals surface area contributed by atoms with Crippen LogP contribution >= 0.6 is 11.6 Å². The van der Waals surface area contributed by atoms with Crippen molar-refractivity contribution in [1.82, 2.24) is 0 Å². The fourth-order valence-electron chi connectivity index (χ4n) is 3.27. The van der Waals surface area contributed by atoms with Crippen molar-refractivity contribution in [2.75, 3.05) is 10.2 Å². The van der Waals surface area contributed by atoms with Crippen LogP contribution in [0.4, 0.5) is 15.8 Å². The van der Waals surface area contributed by atoms with Crippen molar-refractivity contribution in [3.63, 3.8) is 0 Å². The zero-order valence-electron chi connectivity index (χ0n) is 13.8. The highest BCUT2D eigenvalue weighted by Gasteiger charge is 2.35. The summed E-state index contributed by atoms with van der Waals surface area (Å²) in [7, 11) is 0. The minimum absolute atomic E-state index is 0.101. The Morgan fingerprint density at radius 3 is 2.62 bits per heavy atom. The largest absolute Gasteiger partial charge is 0.323 e. The Bertz CT molecular complexity index is 1060. The molecule has 1 aliphatic heterocycles. The lowest BCUT2D eigenvalue weighted by molar-refractivity contribution is -0.117. The van der Waals surface area contributed by atoms with Crippen LogP contribution in [0.25, 0.3) is 10.8 Å². The molecule has 3 aromatic carbocycles. The van der Waals surface area contributed by atoms with E-state index < -0.39 is 17.8 Å². The number of carbonyl (C=O) groups is 2. The summed E-state index contributed by atoms with van der Waals surface area (Å²) in [6, 6.07) is 14.1. The molecule has 4 rings (SSSR count). The normalized spacial score (nSPS) is 14.0. The predicted octanol–water partition coefficient (Wildman–Crippen LogP) is 4.62. The fraction of sp³-hybridized carbons (Fsp3) is 0.100. The minimum atomic E-state index is -0.762. The molecule has 1 atom stereocenters. The summed E-state index contributed by atoms with van der Waals surface area (Å²) < 4.78 is 13.2.